The zero-order valence-corrected chi connectivity index (χ0v) is 39.1. The number of hydrogen-bond donors (Lipinski definition) is 5. The lowest BCUT2D eigenvalue weighted by Crippen LogP contribution is -2.54. The third-order valence-corrected chi connectivity index (χ3v) is 13.9. The Hall–Kier alpha value is -6.20. The Kier molecular flexibility index (Phi) is 13.3. The summed E-state index contributed by atoms with van der Waals surface area (Å²) in [4.78, 5) is 74.7. The molecule has 4 amide bonds. The highest BCUT2D eigenvalue weighted by Gasteiger charge is 2.41. The van der Waals surface area contributed by atoms with Crippen LogP contribution in [0.4, 0.5) is 15.3 Å². The highest BCUT2D eigenvalue weighted by atomic mass is 16.5. The van der Waals surface area contributed by atoms with Crippen LogP contribution >= 0.6 is 0 Å². The second-order valence-corrected chi connectivity index (χ2v) is 18.9. The molecule has 3 fully saturated rings. The first-order valence-corrected chi connectivity index (χ1v) is 23.0. The number of likely N-dealkylation sites (tertiary alicyclic amines) is 2. The number of imidazole rings is 2. The van der Waals surface area contributed by atoms with E-state index in [1.165, 1.54) is 26.9 Å². The standard InChI is InChI=1S/C49H63N9O8/c1-27(64-6)41(54-47(61)62)45(59)56-23-9-11-39(56)43-50-33-19-13-29(25-35(33)52-43)37-21-22-38(58(37)32-17-15-31(16-18-32)49(3,4)5)30-14-20-34-36(26-30)53-44(51-34)40-12-10-24-57(40)46(60)42(28(2)65-7)55-48(63)66-8/h13-20,25-28,37-42,54H,9-12,21-24H2,1-8H3,(H,50,52)(H,51,53)(H,55,63)(H,61,62)/t27-,28-,37+,38+,39+,40+,41+,42+/m1/s1. The molecule has 8 atom stereocenters. The summed E-state index contributed by atoms with van der Waals surface area (Å²) in [5.74, 6) is 0.786. The molecule has 0 unspecified atom stereocenters. The number of nitrogens with zero attached hydrogens (tertiary/aromatic N) is 5. The number of carbonyl (C=O) groups is 4. The van der Waals surface area contributed by atoms with Gasteiger partial charge in [-0.05, 0) is 111 Å². The quantitative estimate of drug-likeness (QED) is 0.0779. The number of ether oxygens (including phenoxy) is 3. The maximum absolute atomic E-state index is 14.0. The molecular weight excluding hydrogens is 843 g/mol. The number of H-pyrrole nitrogens is 2. The van der Waals surface area contributed by atoms with Crippen LogP contribution in [0.1, 0.15) is 126 Å². The molecule has 8 rings (SSSR count). The minimum Gasteiger partial charge on any atom is -0.465 e. The molecule has 3 saturated heterocycles. The van der Waals surface area contributed by atoms with Crippen LogP contribution in [0.2, 0.25) is 0 Å². The van der Waals surface area contributed by atoms with Gasteiger partial charge in [-0.25, -0.2) is 19.6 Å². The predicted octanol–water partition coefficient (Wildman–Crippen LogP) is 7.58. The van der Waals surface area contributed by atoms with Gasteiger partial charge in [0, 0.05) is 33.0 Å². The van der Waals surface area contributed by atoms with Crippen molar-refractivity contribution in [2.75, 3.05) is 39.3 Å². The topological polar surface area (TPSA) is 207 Å². The van der Waals surface area contributed by atoms with Crippen molar-refractivity contribution in [2.45, 2.75) is 127 Å². The average molecular weight is 906 g/mol. The Labute approximate surface area is 384 Å². The highest BCUT2D eigenvalue weighted by Crippen LogP contribution is 2.48. The monoisotopic (exact) mass is 905 g/mol. The van der Waals surface area contributed by atoms with Gasteiger partial charge in [-0.1, -0.05) is 45.0 Å². The summed E-state index contributed by atoms with van der Waals surface area (Å²) < 4.78 is 15.7. The van der Waals surface area contributed by atoms with Gasteiger partial charge in [-0.2, -0.15) is 0 Å². The number of amides is 4. The highest BCUT2D eigenvalue weighted by molar-refractivity contribution is 5.88. The summed E-state index contributed by atoms with van der Waals surface area (Å²) >= 11 is 0. The van der Waals surface area contributed by atoms with Crippen LogP contribution in [0.15, 0.2) is 60.7 Å². The second kappa shape index (κ2) is 19.0. The van der Waals surface area contributed by atoms with Gasteiger partial charge in [0.25, 0.3) is 0 Å². The number of methoxy groups -OCH3 is 3. The number of aromatic amines is 2. The van der Waals surface area contributed by atoms with Crippen molar-refractivity contribution in [3.8, 4) is 0 Å². The van der Waals surface area contributed by atoms with E-state index in [2.05, 4.69) is 101 Å². The maximum atomic E-state index is 14.0. The summed E-state index contributed by atoms with van der Waals surface area (Å²) in [6.45, 7) is 11.1. The van der Waals surface area contributed by atoms with Gasteiger partial charge in [0.15, 0.2) is 0 Å². The van der Waals surface area contributed by atoms with Crippen molar-refractivity contribution in [1.29, 1.82) is 0 Å². The van der Waals surface area contributed by atoms with Crippen molar-refractivity contribution in [2.24, 2.45) is 0 Å². The largest absolute Gasteiger partial charge is 0.465 e. The Morgan fingerprint density at radius 2 is 1.15 bits per heavy atom. The van der Waals surface area contributed by atoms with Gasteiger partial charge in [0.05, 0.1) is 65.6 Å². The molecule has 17 nitrogen and oxygen atoms in total. The van der Waals surface area contributed by atoms with Crippen LogP contribution in [-0.4, -0.2) is 118 Å². The van der Waals surface area contributed by atoms with Gasteiger partial charge < -0.3 is 54.6 Å². The minimum atomic E-state index is -1.28. The second-order valence-electron chi connectivity index (χ2n) is 18.9. The number of anilines is 1. The van der Waals surface area contributed by atoms with E-state index >= 15 is 0 Å². The molecular formula is C49H63N9O8. The fourth-order valence-corrected chi connectivity index (χ4v) is 10.1. The molecule has 66 heavy (non-hydrogen) atoms. The van der Waals surface area contributed by atoms with E-state index in [9.17, 15) is 24.3 Å². The molecule has 5 aromatic rings. The summed E-state index contributed by atoms with van der Waals surface area (Å²) in [6.07, 6.45) is 1.56. The van der Waals surface area contributed by atoms with E-state index in [1.54, 1.807) is 23.6 Å². The van der Waals surface area contributed by atoms with Crippen molar-refractivity contribution in [3.63, 3.8) is 0 Å². The lowest BCUT2D eigenvalue weighted by atomic mass is 9.87. The first-order chi connectivity index (χ1) is 31.6. The molecule has 352 valence electrons. The summed E-state index contributed by atoms with van der Waals surface area (Å²) in [5, 5.41) is 14.5. The number of carbonyl (C=O) groups excluding carboxylic acids is 3. The van der Waals surface area contributed by atoms with E-state index in [4.69, 9.17) is 24.2 Å². The van der Waals surface area contributed by atoms with Gasteiger partial charge >= 0.3 is 12.2 Å². The average Bonchev–Trinajstić information content (AvgIpc) is 4.16. The number of rotatable bonds is 13. The third kappa shape index (κ3) is 9.14. The molecule has 0 aliphatic carbocycles. The maximum Gasteiger partial charge on any atom is 0.407 e. The van der Waals surface area contributed by atoms with Crippen molar-refractivity contribution in [1.82, 2.24) is 40.4 Å². The van der Waals surface area contributed by atoms with Crippen molar-refractivity contribution >= 4 is 51.8 Å². The van der Waals surface area contributed by atoms with Crippen LogP contribution in [0.3, 0.4) is 0 Å². The van der Waals surface area contributed by atoms with Crippen molar-refractivity contribution in [3.05, 3.63) is 89.0 Å². The zero-order valence-electron chi connectivity index (χ0n) is 39.1. The molecule has 0 bridgehead atoms. The van der Waals surface area contributed by atoms with E-state index < -0.39 is 36.5 Å². The molecule has 3 aromatic carbocycles. The Balaban J connectivity index is 1.09. The number of benzene rings is 3. The first kappa shape index (κ1) is 46.3. The Morgan fingerprint density at radius 3 is 1.58 bits per heavy atom. The van der Waals surface area contributed by atoms with Gasteiger partial charge in [-0.15, -0.1) is 0 Å². The number of nitrogens with one attached hydrogen (secondary N) is 4. The fourth-order valence-electron chi connectivity index (χ4n) is 10.1. The summed E-state index contributed by atoms with van der Waals surface area (Å²) in [5.41, 5.74) is 7.99. The predicted molar refractivity (Wildman–Crippen MR) is 249 cm³/mol. The molecule has 0 radical (unpaired) electrons. The SMILES string of the molecule is COC(=O)N[C@H](C(=O)N1CCC[C@H]1c1nc2ccc([C@@H]3CC[C@@H](c4ccc5nc([C@@H]6CCCN6C(=O)[C@@H](NC(=O)O)[C@@H](C)OC)[nH]c5c4)N3c3ccc(C(C)(C)C)cc3)cc2[nH]1)[C@@H](C)OC. The molecule has 0 saturated carbocycles. The Morgan fingerprint density at radius 1 is 0.682 bits per heavy atom. The number of carboxylic acid groups (broad SMARTS) is 1. The number of fused-ring (bicyclic) bond motifs is 2. The van der Waals surface area contributed by atoms with Crippen LogP contribution in [0, 0.1) is 0 Å². The van der Waals surface area contributed by atoms with E-state index in [1.807, 2.05) is 6.07 Å². The first-order valence-electron chi connectivity index (χ1n) is 23.0. The van der Waals surface area contributed by atoms with Crippen LogP contribution < -0.4 is 15.5 Å². The molecule has 5 N–H and O–H groups in total. The number of aromatic nitrogens is 4. The van der Waals surface area contributed by atoms with Crippen LogP contribution in [0.25, 0.3) is 22.1 Å². The molecule has 2 aromatic heterocycles. The Bertz CT molecular complexity index is 2570. The van der Waals surface area contributed by atoms with E-state index in [-0.39, 0.29) is 41.4 Å². The lowest BCUT2D eigenvalue weighted by molar-refractivity contribution is -0.138. The summed E-state index contributed by atoms with van der Waals surface area (Å²) in [6, 6.07) is 19.1. The smallest absolute Gasteiger partial charge is 0.407 e. The van der Waals surface area contributed by atoms with Gasteiger partial charge in [-0.3, -0.25) is 9.59 Å². The number of hydrogen-bond acceptors (Lipinski definition) is 10. The third-order valence-electron chi connectivity index (χ3n) is 13.9. The number of alkyl carbamates (subject to hydrolysis) is 1. The zero-order chi connectivity index (χ0) is 47.0. The molecule has 17 heteroatoms. The molecule has 3 aliphatic rings. The van der Waals surface area contributed by atoms with E-state index in [0.29, 0.717) is 31.2 Å². The molecule has 0 spiro atoms. The minimum absolute atomic E-state index is 0.00933. The van der Waals surface area contributed by atoms with Gasteiger partial charge in [0.2, 0.25) is 11.8 Å². The van der Waals surface area contributed by atoms with Crippen molar-refractivity contribution < 1.29 is 38.5 Å². The van der Waals surface area contributed by atoms with Gasteiger partial charge in [0.1, 0.15) is 23.7 Å². The fraction of sp³-hybridized carbons (Fsp3) is 0.510. The lowest BCUT2D eigenvalue weighted by Gasteiger charge is -2.34. The molecule has 3 aliphatic heterocycles. The summed E-state index contributed by atoms with van der Waals surface area (Å²) in [7, 11) is 4.23. The van der Waals surface area contributed by atoms with Crippen LogP contribution in [0.5, 0.6) is 0 Å². The normalized spacial score (nSPS) is 21.8. The van der Waals surface area contributed by atoms with E-state index in [0.717, 1.165) is 71.0 Å². The molecule has 5 heterocycles. The van der Waals surface area contributed by atoms with Crippen LogP contribution in [-0.2, 0) is 29.2 Å².